The normalized spacial score (nSPS) is 17.7. The molecule has 1 aromatic carbocycles. The maximum Gasteiger partial charge on any atom is 0.256 e. The molecule has 8 heteroatoms. The summed E-state index contributed by atoms with van der Waals surface area (Å²) in [4.78, 5) is 33.8. The number of carbonyl (C=O) groups excluding carboxylic acids is 2. The minimum Gasteiger partial charge on any atom is -0.457 e. The van der Waals surface area contributed by atoms with Gasteiger partial charge in [-0.3, -0.25) is 14.6 Å². The standard InChI is InChI=1S/C25H23ClN4O3/c1-29-7-2-8-30(10-9-29)25(32)17-11-16(14-27-15-17)23-6-4-19(33-23)13-21-20-12-18(26)3-5-22(20)28-24(21)31/h3-6,11-15H,2,7-10H2,1H3,(H,28,31)/b21-13+. The summed E-state index contributed by atoms with van der Waals surface area (Å²) in [7, 11) is 2.07. The molecule has 0 spiro atoms. The highest BCUT2D eigenvalue weighted by Gasteiger charge is 2.25. The van der Waals surface area contributed by atoms with E-state index in [1.54, 1.807) is 48.8 Å². The van der Waals surface area contributed by atoms with Crippen molar-refractivity contribution in [1.82, 2.24) is 14.8 Å². The van der Waals surface area contributed by atoms with E-state index in [1.165, 1.54) is 0 Å². The lowest BCUT2D eigenvalue weighted by atomic mass is 10.1. The minimum absolute atomic E-state index is 0.0235. The Morgan fingerprint density at radius 3 is 2.88 bits per heavy atom. The van der Waals surface area contributed by atoms with E-state index >= 15 is 0 Å². The number of benzene rings is 1. The molecule has 3 aromatic rings. The van der Waals surface area contributed by atoms with Crippen molar-refractivity contribution >= 4 is 40.8 Å². The quantitative estimate of drug-likeness (QED) is 0.588. The zero-order valence-electron chi connectivity index (χ0n) is 18.2. The Morgan fingerprint density at radius 2 is 2.00 bits per heavy atom. The number of carbonyl (C=O) groups is 2. The van der Waals surface area contributed by atoms with Crippen molar-refractivity contribution in [2.45, 2.75) is 6.42 Å². The first-order chi connectivity index (χ1) is 16.0. The molecule has 1 saturated heterocycles. The van der Waals surface area contributed by atoms with Crippen molar-refractivity contribution in [2.75, 3.05) is 38.5 Å². The Kier molecular flexibility index (Phi) is 5.74. The van der Waals surface area contributed by atoms with Gasteiger partial charge in [0.2, 0.25) is 0 Å². The first-order valence-electron chi connectivity index (χ1n) is 10.8. The maximum absolute atomic E-state index is 13.0. The van der Waals surface area contributed by atoms with Crippen LogP contribution in [0, 0.1) is 0 Å². The molecule has 0 bridgehead atoms. The summed E-state index contributed by atoms with van der Waals surface area (Å²) in [6, 6.07) is 10.7. The van der Waals surface area contributed by atoms with Crippen LogP contribution in [-0.2, 0) is 4.79 Å². The maximum atomic E-state index is 13.0. The number of hydrogen-bond acceptors (Lipinski definition) is 5. The van der Waals surface area contributed by atoms with Gasteiger partial charge in [-0.2, -0.15) is 0 Å². The van der Waals surface area contributed by atoms with E-state index in [-0.39, 0.29) is 11.8 Å². The molecule has 0 saturated carbocycles. The predicted octanol–water partition coefficient (Wildman–Crippen LogP) is 4.27. The number of nitrogens with one attached hydrogen (secondary N) is 1. The van der Waals surface area contributed by atoms with E-state index in [0.717, 1.165) is 37.3 Å². The van der Waals surface area contributed by atoms with Crippen LogP contribution in [0.5, 0.6) is 0 Å². The summed E-state index contributed by atoms with van der Waals surface area (Å²) < 4.78 is 5.98. The van der Waals surface area contributed by atoms with E-state index in [9.17, 15) is 9.59 Å². The number of likely N-dealkylation sites (N-methyl/N-ethyl adjacent to an activating group) is 1. The molecule has 7 nitrogen and oxygen atoms in total. The number of furan rings is 1. The second-order valence-corrected chi connectivity index (χ2v) is 8.75. The summed E-state index contributed by atoms with van der Waals surface area (Å²) in [5, 5.41) is 3.38. The van der Waals surface area contributed by atoms with Crippen molar-refractivity contribution in [2.24, 2.45) is 0 Å². The SMILES string of the molecule is CN1CCCN(C(=O)c2cncc(-c3ccc(/C=C4/C(=O)Nc5ccc(Cl)cc54)o3)c2)CC1. The zero-order chi connectivity index (χ0) is 22.9. The fourth-order valence-electron chi connectivity index (χ4n) is 4.16. The van der Waals surface area contributed by atoms with Gasteiger partial charge in [-0.15, -0.1) is 0 Å². The number of amides is 2. The number of anilines is 1. The Morgan fingerprint density at radius 1 is 1.12 bits per heavy atom. The van der Waals surface area contributed by atoms with Gasteiger partial charge in [-0.1, -0.05) is 11.6 Å². The van der Waals surface area contributed by atoms with Crippen molar-refractivity contribution in [1.29, 1.82) is 0 Å². The summed E-state index contributed by atoms with van der Waals surface area (Å²) in [5.41, 5.74) is 3.19. The van der Waals surface area contributed by atoms with Gasteiger partial charge in [0.15, 0.2) is 0 Å². The second kappa shape index (κ2) is 8.84. The molecule has 0 radical (unpaired) electrons. The minimum atomic E-state index is -0.206. The van der Waals surface area contributed by atoms with E-state index in [0.29, 0.717) is 39.8 Å². The molecule has 2 aliphatic rings. The fourth-order valence-corrected chi connectivity index (χ4v) is 4.33. The third kappa shape index (κ3) is 4.42. The number of pyridine rings is 1. The molecule has 0 aliphatic carbocycles. The van der Waals surface area contributed by atoms with E-state index in [1.807, 2.05) is 11.0 Å². The van der Waals surface area contributed by atoms with Crippen LogP contribution in [0.2, 0.25) is 5.02 Å². The monoisotopic (exact) mass is 462 g/mol. The molecule has 5 rings (SSSR count). The van der Waals surface area contributed by atoms with Crippen molar-refractivity contribution < 1.29 is 14.0 Å². The molecule has 2 amide bonds. The second-order valence-electron chi connectivity index (χ2n) is 8.32. The molecule has 2 aliphatic heterocycles. The molecule has 1 N–H and O–H groups in total. The van der Waals surface area contributed by atoms with Gasteiger partial charge >= 0.3 is 0 Å². The van der Waals surface area contributed by atoms with Crippen LogP contribution in [0.25, 0.3) is 23.0 Å². The van der Waals surface area contributed by atoms with Crippen LogP contribution in [0.15, 0.2) is 53.2 Å². The molecule has 0 unspecified atom stereocenters. The number of fused-ring (bicyclic) bond motifs is 1. The lowest BCUT2D eigenvalue weighted by molar-refractivity contribution is -0.110. The molecular weight excluding hydrogens is 440 g/mol. The van der Waals surface area contributed by atoms with Crippen molar-refractivity contribution in [3.63, 3.8) is 0 Å². The summed E-state index contributed by atoms with van der Waals surface area (Å²) in [5.74, 6) is 0.867. The van der Waals surface area contributed by atoms with Crippen LogP contribution >= 0.6 is 11.6 Å². The number of aromatic nitrogens is 1. The fraction of sp³-hybridized carbons (Fsp3) is 0.240. The molecule has 168 valence electrons. The van der Waals surface area contributed by atoms with Gasteiger partial charge in [0.05, 0.1) is 11.1 Å². The topological polar surface area (TPSA) is 78.7 Å². The van der Waals surface area contributed by atoms with E-state index in [2.05, 4.69) is 22.2 Å². The van der Waals surface area contributed by atoms with E-state index < -0.39 is 0 Å². The zero-order valence-corrected chi connectivity index (χ0v) is 18.9. The van der Waals surface area contributed by atoms with Crippen LogP contribution in [0.3, 0.4) is 0 Å². The molecule has 1 fully saturated rings. The van der Waals surface area contributed by atoms with Gasteiger partial charge in [-0.05, 0) is 62.5 Å². The molecular formula is C25H23ClN4O3. The van der Waals surface area contributed by atoms with Crippen LogP contribution in [0.1, 0.15) is 28.1 Å². The van der Waals surface area contributed by atoms with Gasteiger partial charge < -0.3 is 19.5 Å². The van der Waals surface area contributed by atoms with Crippen LogP contribution in [0.4, 0.5) is 5.69 Å². The molecule has 0 atom stereocenters. The Balaban J connectivity index is 1.39. The third-order valence-electron chi connectivity index (χ3n) is 5.95. The van der Waals surface area contributed by atoms with Crippen molar-refractivity contribution in [3.8, 4) is 11.3 Å². The largest absolute Gasteiger partial charge is 0.457 e. The van der Waals surface area contributed by atoms with Gasteiger partial charge in [0.1, 0.15) is 11.5 Å². The summed E-state index contributed by atoms with van der Waals surface area (Å²) in [6.07, 6.45) is 5.90. The lowest BCUT2D eigenvalue weighted by Gasteiger charge is -2.20. The van der Waals surface area contributed by atoms with E-state index in [4.69, 9.17) is 16.0 Å². The van der Waals surface area contributed by atoms with Crippen LogP contribution in [-0.4, -0.2) is 59.8 Å². The van der Waals surface area contributed by atoms with Crippen molar-refractivity contribution in [3.05, 3.63) is 70.7 Å². The summed E-state index contributed by atoms with van der Waals surface area (Å²) in [6.45, 7) is 3.28. The average Bonchev–Trinajstić information content (AvgIpc) is 3.33. The molecule has 2 aromatic heterocycles. The molecule has 4 heterocycles. The average molecular weight is 463 g/mol. The van der Waals surface area contributed by atoms with Gasteiger partial charge in [0.25, 0.3) is 11.8 Å². The Labute approximate surface area is 196 Å². The Hall–Kier alpha value is -3.42. The van der Waals surface area contributed by atoms with Gasteiger partial charge in [0, 0.05) is 53.9 Å². The van der Waals surface area contributed by atoms with Crippen LogP contribution < -0.4 is 5.32 Å². The summed E-state index contributed by atoms with van der Waals surface area (Å²) >= 11 is 6.11. The number of rotatable bonds is 3. The smallest absolute Gasteiger partial charge is 0.256 e. The predicted molar refractivity (Wildman–Crippen MR) is 128 cm³/mol. The first-order valence-corrected chi connectivity index (χ1v) is 11.2. The number of halogens is 1. The Bertz CT molecular complexity index is 1270. The molecule has 33 heavy (non-hydrogen) atoms. The highest BCUT2D eigenvalue weighted by molar-refractivity contribution is 6.36. The third-order valence-corrected chi connectivity index (χ3v) is 6.19. The highest BCUT2D eigenvalue weighted by Crippen LogP contribution is 2.35. The first kappa shape index (κ1) is 21.4. The lowest BCUT2D eigenvalue weighted by Crippen LogP contribution is -2.34. The number of nitrogens with zero attached hydrogens (tertiary/aromatic N) is 3. The number of hydrogen-bond donors (Lipinski definition) is 1. The highest BCUT2D eigenvalue weighted by atomic mass is 35.5. The van der Waals surface area contributed by atoms with Gasteiger partial charge in [-0.25, -0.2) is 0 Å².